The van der Waals surface area contributed by atoms with Gasteiger partial charge in [-0.25, -0.2) is 13.8 Å². The number of hydrogen-bond donors (Lipinski definition) is 1. The molecule has 1 N–H and O–H groups in total. The molecule has 13 heavy (non-hydrogen) atoms. The molecule has 0 bridgehead atoms. The highest BCUT2D eigenvalue weighted by Gasteiger charge is 2.31. The van der Waals surface area contributed by atoms with Gasteiger partial charge in [0.25, 0.3) is 6.43 Å². The van der Waals surface area contributed by atoms with Gasteiger partial charge in [0.05, 0.1) is 6.54 Å². The summed E-state index contributed by atoms with van der Waals surface area (Å²) in [7, 11) is 0. The fourth-order valence-corrected chi connectivity index (χ4v) is 1.57. The van der Waals surface area contributed by atoms with Gasteiger partial charge in [0.2, 0.25) is 0 Å². The molecule has 0 radical (unpaired) electrons. The molecule has 0 saturated carbocycles. The SMILES string of the molecule is CC(C)(C)C1CCN(CC(F)F)N1. The highest BCUT2D eigenvalue weighted by molar-refractivity contribution is 4.84. The minimum atomic E-state index is -2.24. The van der Waals surface area contributed by atoms with Gasteiger partial charge >= 0.3 is 0 Å². The maximum atomic E-state index is 12.0. The van der Waals surface area contributed by atoms with E-state index >= 15 is 0 Å². The summed E-state index contributed by atoms with van der Waals surface area (Å²) in [6.45, 7) is 6.93. The first-order valence-corrected chi connectivity index (χ1v) is 4.69. The Balaban J connectivity index is 2.36. The third kappa shape index (κ3) is 3.19. The molecule has 4 heteroatoms. The Labute approximate surface area is 78.3 Å². The van der Waals surface area contributed by atoms with Gasteiger partial charge in [0.1, 0.15) is 0 Å². The summed E-state index contributed by atoms with van der Waals surface area (Å²) in [5, 5.41) is 1.63. The monoisotopic (exact) mass is 192 g/mol. The first-order valence-electron chi connectivity index (χ1n) is 4.69. The van der Waals surface area contributed by atoms with Crippen LogP contribution in [-0.2, 0) is 0 Å². The molecule has 0 spiro atoms. The van der Waals surface area contributed by atoms with Gasteiger partial charge in [-0.15, -0.1) is 0 Å². The highest BCUT2D eigenvalue weighted by atomic mass is 19.3. The van der Waals surface area contributed by atoms with Crippen molar-refractivity contribution >= 4 is 0 Å². The summed E-state index contributed by atoms with van der Waals surface area (Å²) in [5.41, 5.74) is 3.27. The van der Waals surface area contributed by atoms with Crippen LogP contribution in [0.3, 0.4) is 0 Å². The predicted molar refractivity (Wildman–Crippen MR) is 48.6 cm³/mol. The minimum absolute atomic E-state index is 0.150. The molecule has 1 aliphatic heterocycles. The second-order valence-corrected chi connectivity index (χ2v) is 4.67. The second-order valence-electron chi connectivity index (χ2n) is 4.67. The Morgan fingerprint density at radius 3 is 2.46 bits per heavy atom. The molecule has 0 aromatic rings. The summed E-state index contributed by atoms with van der Waals surface area (Å²) < 4.78 is 24.1. The van der Waals surface area contributed by atoms with E-state index < -0.39 is 6.43 Å². The molecule has 1 heterocycles. The number of nitrogens with zero attached hydrogens (tertiary/aromatic N) is 1. The Hall–Kier alpha value is -0.220. The molecule has 0 amide bonds. The third-order valence-corrected chi connectivity index (χ3v) is 2.43. The number of halogens is 2. The molecule has 0 aliphatic carbocycles. The topological polar surface area (TPSA) is 15.3 Å². The van der Waals surface area contributed by atoms with E-state index in [9.17, 15) is 8.78 Å². The fourth-order valence-electron chi connectivity index (χ4n) is 1.57. The van der Waals surface area contributed by atoms with Crippen molar-refractivity contribution in [1.82, 2.24) is 10.4 Å². The van der Waals surface area contributed by atoms with Crippen molar-refractivity contribution in [2.24, 2.45) is 5.41 Å². The van der Waals surface area contributed by atoms with Crippen LogP contribution in [0.25, 0.3) is 0 Å². The van der Waals surface area contributed by atoms with Crippen LogP contribution in [0.1, 0.15) is 27.2 Å². The predicted octanol–water partition coefficient (Wildman–Crippen LogP) is 1.88. The van der Waals surface area contributed by atoms with E-state index in [-0.39, 0.29) is 12.0 Å². The lowest BCUT2D eigenvalue weighted by Crippen LogP contribution is -2.43. The molecular weight excluding hydrogens is 174 g/mol. The lowest BCUT2D eigenvalue weighted by Gasteiger charge is -2.28. The molecule has 1 fully saturated rings. The Morgan fingerprint density at radius 2 is 2.08 bits per heavy atom. The van der Waals surface area contributed by atoms with Crippen molar-refractivity contribution in [3.8, 4) is 0 Å². The summed E-state index contributed by atoms with van der Waals surface area (Å²) in [4.78, 5) is 0. The van der Waals surface area contributed by atoms with Crippen LogP contribution < -0.4 is 5.43 Å². The molecule has 1 saturated heterocycles. The summed E-state index contributed by atoms with van der Waals surface area (Å²) in [6, 6.07) is 0.325. The molecule has 1 rings (SSSR count). The van der Waals surface area contributed by atoms with E-state index in [0.29, 0.717) is 6.04 Å². The fraction of sp³-hybridized carbons (Fsp3) is 1.00. The standard InChI is InChI=1S/C9H18F2N2/c1-9(2,3)7-4-5-13(12-7)6-8(10)11/h7-8,12H,4-6H2,1-3H3. The average Bonchev–Trinajstić information content (AvgIpc) is 2.32. The Kier molecular flexibility index (Phi) is 3.24. The number of nitrogens with one attached hydrogen (secondary N) is 1. The van der Waals surface area contributed by atoms with Crippen molar-refractivity contribution < 1.29 is 8.78 Å². The van der Waals surface area contributed by atoms with Crippen LogP contribution in [0.2, 0.25) is 0 Å². The normalized spacial score (nSPS) is 25.8. The lowest BCUT2D eigenvalue weighted by molar-refractivity contribution is 0.0693. The quantitative estimate of drug-likeness (QED) is 0.718. The van der Waals surface area contributed by atoms with Gasteiger partial charge < -0.3 is 0 Å². The Bertz CT molecular complexity index is 165. The van der Waals surface area contributed by atoms with Crippen LogP contribution in [-0.4, -0.2) is 30.6 Å². The van der Waals surface area contributed by atoms with Gasteiger partial charge in [0.15, 0.2) is 0 Å². The van der Waals surface area contributed by atoms with Gasteiger partial charge in [0, 0.05) is 12.6 Å². The molecule has 1 unspecified atom stereocenters. The summed E-state index contributed by atoms with van der Waals surface area (Å²) >= 11 is 0. The van der Waals surface area contributed by atoms with Crippen molar-refractivity contribution in [1.29, 1.82) is 0 Å². The number of rotatable bonds is 2. The van der Waals surface area contributed by atoms with Crippen molar-refractivity contribution in [2.75, 3.05) is 13.1 Å². The van der Waals surface area contributed by atoms with E-state index in [1.165, 1.54) is 0 Å². The first-order chi connectivity index (χ1) is 5.89. The molecule has 1 atom stereocenters. The van der Waals surface area contributed by atoms with Gasteiger partial charge in [-0.05, 0) is 11.8 Å². The van der Waals surface area contributed by atoms with Gasteiger partial charge in [-0.1, -0.05) is 20.8 Å². The second kappa shape index (κ2) is 3.88. The average molecular weight is 192 g/mol. The number of hydrazine groups is 1. The van der Waals surface area contributed by atoms with Crippen LogP contribution in [0.4, 0.5) is 8.78 Å². The first kappa shape index (κ1) is 10.9. The van der Waals surface area contributed by atoms with E-state index in [4.69, 9.17) is 0 Å². The minimum Gasteiger partial charge on any atom is -0.251 e. The van der Waals surface area contributed by atoms with Crippen LogP contribution in [0.5, 0.6) is 0 Å². The van der Waals surface area contributed by atoms with Crippen LogP contribution in [0.15, 0.2) is 0 Å². The van der Waals surface area contributed by atoms with Gasteiger partial charge in [-0.3, -0.25) is 5.43 Å². The van der Waals surface area contributed by atoms with E-state index in [1.807, 2.05) is 0 Å². The van der Waals surface area contributed by atoms with Crippen molar-refractivity contribution in [3.05, 3.63) is 0 Å². The molecule has 78 valence electrons. The molecule has 0 aromatic heterocycles. The lowest BCUT2D eigenvalue weighted by atomic mass is 9.86. The van der Waals surface area contributed by atoms with Gasteiger partial charge in [-0.2, -0.15) is 0 Å². The van der Waals surface area contributed by atoms with E-state index in [1.54, 1.807) is 5.01 Å². The van der Waals surface area contributed by atoms with Crippen molar-refractivity contribution in [2.45, 2.75) is 39.7 Å². The molecule has 0 aromatic carbocycles. The van der Waals surface area contributed by atoms with E-state index in [2.05, 4.69) is 26.2 Å². The van der Waals surface area contributed by atoms with E-state index in [0.717, 1.165) is 13.0 Å². The zero-order valence-electron chi connectivity index (χ0n) is 8.48. The van der Waals surface area contributed by atoms with Crippen molar-refractivity contribution in [3.63, 3.8) is 0 Å². The summed E-state index contributed by atoms with van der Waals surface area (Å²) in [6.07, 6.45) is -1.29. The summed E-state index contributed by atoms with van der Waals surface area (Å²) in [5.74, 6) is 0. The molecule has 2 nitrogen and oxygen atoms in total. The number of hydrogen-bond acceptors (Lipinski definition) is 2. The maximum Gasteiger partial charge on any atom is 0.252 e. The molecular formula is C9H18F2N2. The zero-order chi connectivity index (χ0) is 10.1. The highest BCUT2D eigenvalue weighted by Crippen LogP contribution is 2.25. The third-order valence-electron chi connectivity index (χ3n) is 2.43. The Morgan fingerprint density at radius 1 is 1.46 bits per heavy atom. The van der Waals surface area contributed by atoms with Crippen LogP contribution >= 0.6 is 0 Å². The number of alkyl halides is 2. The largest absolute Gasteiger partial charge is 0.252 e. The van der Waals surface area contributed by atoms with Crippen LogP contribution in [0, 0.1) is 5.41 Å². The zero-order valence-corrected chi connectivity index (χ0v) is 8.48. The molecule has 1 aliphatic rings. The maximum absolute atomic E-state index is 12.0. The smallest absolute Gasteiger partial charge is 0.251 e.